The van der Waals surface area contributed by atoms with Gasteiger partial charge >= 0.3 is 11.9 Å². The van der Waals surface area contributed by atoms with Crippen LogP contribution < -0.4 is 5.73 Å². The third-order valence-corrected chi connectivity index (χ3v) is 2.84. The second-order valence-electron chi connectivity index (χ2n) is 5.88. The highest BCUT2D eigenvalue weighted by Gasteiger charge is 2.28. The summed E-state index contributed by atoms with van der Waals surface area (Å²) in [5.41, 5.74) is 6.24. The van der Waals surface area contributed by atoms with E-state index in [1.807, 2.05) is 30.3 Å². The van der Waals surface area contributed by atoms with Crippen molar-refractivity contribution in [2.24, 2.45) is 5.73 Å². The molecule has 5 nitrogen and oxygen atoms in total. The number of benzene rings is 1. The van der Waals surface area contributed by atoms with Crippen LogP contribution in [0.2, 0.25) is 0 Å². The first-order valence-electron chi connectivity index (χ1n) is 7.09. The zero-order chi connectivity index (χ0) is 16.8. The van der Waals surface area contributed by atoms with Crippen molar-refractivity contribution in [3.8, 4) is 0 Å². The van der Waals surface area contributed by atoms with Gasteiger partial charge in [0, 0.05) is 5.70 Å². The molecule has 22 heavy (non-hydrogen) atoms. The van der Waals surface area contributed by atoms with E-state index < -0.39 is 17.5 Å². The van der Waals surface area contributed by atoms with E-state index >= 15 is 0 Å². The summed E-state index contributed by atoms with van der Waals surface area (Å²) in [6.45, 7) is 5.17. The van der Waals surface area contributed by atoms with E-state index in [0.717, 1.165) is 5.56 Å². The van der Waals surface area contributed by atoms with Gasteiger partial charge in [0.15, 0.2) is 5.57 Å². The maximum atomic E-state index is 12.2. The number of ether oxygens (including phenoxy) is 2. The van der Waals surface area contributed by atoms with E-state index in [0.29, 0.717) is 12.8 Å². The van der Waals surface area contributed by atoms with E-state index in [9.17, 15) is 9.59 Å². The molecule has 0 aliphatic heterocycles. The Morgan fingerprint density at radius 3 is 2.18 bits per heavy atom. The number of hydrogen-bond acceptors (Lipinski definition) is 5. The maximum absolute atomic E-state index is 12.2. The lowest BCUT2D eigenvalue weighted by atomic mass is 10.1. The molecule has 5 heteroatoms. The predicted octanol–water partition coefficient (Wildman–Crippen LogP) is 2.35. The summed E-state index contributed by atoms with van der Waals surface area (Å²) in [4.78, 5) is 24.0. The van der Waals surface area contributed by atoms with Crippen LogP contribution in [0.4, 0.5) is 0 Å². The van der Waals surface area contributed by atoms with Crippen LogP contribution in [-0.2, 0) is 25.5 Å². The maximum Gasteiger partial charge on any atom is 0.347 e. The third kappa shape index (κ3) is 5.60. The van der Waals surface area contributed by atoms with Gasteiger partial charge in [-0.3, -0.25) is 0 Å². The van der Waals surface area contributed by atoms with Crippen molar-refractivity contribution in [3.63, 3.8) is 0 Å². The molecular formula is C17H23NO4. The zero-order valence-corrected chi connectivity index (χ0v) is 13.5. The van der Waals surface area contributed by atoms with Crippen molar-refractivity contribution < 1.29 is 19.1 Å². The number of carbonyl (C=O) groups is 2. The summed E-state index contributed by atoms with van der Waals surface area (Å²) < 4.78 is 9.86. The van der Waals surface area contributed by atoms with Crippen LogP contribution >= 0.6 is 0 Å². The van der Waals surface area contributed by atoms with Gasteiger partial charge in [-0.1, -0.05) is 30.3 Å². The summed E-state index contributed by atoms with van der Waals surface area (Å²) in [7, 11) is 1.21. The largest absolute Gasteiger partial charge is 0.465 e. The van der Waals surface area contributed by atoms with Gasteiger partial charge in [-0.05, 0) is 39.2 Å². The summed E-state index contributed by atoms with van der Waals surface area (Å²) in [6, 6.07) is 9.68. The molecule has 0 aliphatic carbocycles. The number of hydrogen-bond donors (Lipinski definition) is 1. The highest BCUT2D eigenvalue weighted by atomic mass is 16.6. The van der Waals surface area contributed by atoms with Crippen LogP contribution in [0.5, 0.6) is 0 Å². The lowest BCUT2D eigenvalue weighted by molar-refractivity contribution is -0.153. The van der Waals surface area contributed by atoms with Crippen molar-refractivity contribution in [1.82, 2.24) is 0 Å². The number of methoxy groups -OCH3 is 1. The third-order valence-electron chi connectivity index (χ3n) is 2.84. The minimum Gasteiger partial charge on any atom is -0.465 e. The summed E-state index contributed by atoms with van der Waals surface area (Å²) in [5.74, 6) is -1.54. The second kappa shape index (κ2) is 7.64. The van der Waals surface area contributed by atoms with Crippen LogP contribution in [-0.4, -0.2) is 24.6 Å². The first-order chi connectivity index (χ1) is 10.2. The molecule has 2 N–H and O–H groups in total. The van der Waals surface area contributed by atoms with Crippen LogP contribution in [0, 0.1) is 0 Å². The van der Waals surface area contributed by atoms with Gasteiger partial charge in [-0.2, -0.15) is 0 Å². The monoisotopic (exact) mass is 305 g/mol. The fraction of sp³-hybridized carbons (Fsp3) is 0.412. The Kier molecular flexibility index (Phi) is 6.16. The molecule has 120 valence electrons. The van der Waals surface area contributed by atoms with E-state index in [4.69, 9.17) is 10.5 Å². The predicted molar refractivity (Wildman–Crippen MR) is 83.8 cm³/mol. The molecule has 1 rings (SSSR count). The molecule has 0 radical (unpaired) electrons. The lowest BCUT2D eigenvalue weighted by Gasteiger charge is -2.20. The lowest BCUT2D eigenvalue weighted by Crippen LogP contribution is -2.29. The fourth-order valence-corrected chi connectivity index (χ4v) is 1.83. The molecule has 0 fully saturated rings. The molecule has 0 saturated heterocycles. The van der Waals surface area contributed by atoms with Crippen molar-refractivity contribution in [2.45, 2.75) is 39.2 Å². The number of aryl methyl sites for hydroxylation is 1. The number of esters is 2. The van der Waals surface area contributed by atoms with Gasteiger partial charge in [0.1, 0.15) is 5.60 Å². The Balaban J connectivity index is 2.93. The van der Waals surface area contributed by atoms with Crippen molar-refractivity contribution >= 4 is 11.9 Å². The molecular weight excluding hydrogens is 282 g/mol. The minimum absolute atomic E-state index is 0.171. The summed E-state index contributed by atoms with van der Waals surface area (Å²) in [5, 5.41) is 0. The topological polar surface area (TPSA) is 78.6 Å². The normalized spacial score (nSPS) is 12.4. The molecule has 0 saturated carbocycles. The van der Waals surface area contributed by atoms with Gasteiger partial charge in [-0.15, -0.1) is 0 Å². The number of rotatable bonds is 5. The van der Waals surface area contributed by atoms with Crippen LogP contribution in [0.3, 0.4) is 0 Å². The Bertz CT molecular complexity index is 556. The van der Waals surface area contributed by atoms with Crippen molar-refractivity contribution in [2.75, 3.05) is 7.11 Å². The van der Waals surface area contributed by atoms with Gasteiger partial charge in [0.2, 0.25) is 0 Å². The van der Waals surface area contributed by atoms with Crippen LogP contribution in [0.1, 0.15) is 32.8 Å². The first-order valence-corrected chi connectivity index (χ1v) is 7.09. The first kappa shape index (κ1) is 17.8. The minimum atomic E-state index is -0.778. The fourth-order valence-electron chi connectivity index (χ4n) is 1.83. The van der Waals surface area contributed by atoms with E-state index in [1.165, 1.54) is 7.11 Å². The summed E-state index contributed by atoms with van der Waals surface area (Å²) in [6.07, 6.45) is 0.990. The molecule has 0 aliphatic rings. The molecule has 0 bridgehead atoms. The Morgan fingerprint density at radius 1 is 1.09 bits per heavy atom. The zero-order valence-electron chi connectivity index (χ0n) is 13.5. The Hall–Kier alpha value is -2.30. The van der Waals surface area contributed by atoms with E-state index in [1.54, 1.807) is 20.8 Å². The molecule has 0 spiro atoms. The Labute approximate surface area is 131 Å². The van der Waals surface area contributed by atoms with Crippen molar-refractivity contribution in [1.29, 1.82) is 0 Å². The standard InChI is InChI=1S/C17H23NO4/c1-17(2,3)22-16(20)14(15(19)21-4)13(18)11-10-12-8-6-5-7-9-12/h5-9H,10-11,18H2,1-4H3. The number of nitrogens with two attached hydrogens (primary N) is 1. The highest BCUT2D eigenvalue weighted by molar-refractivity contribution is 6.14. The number of carbonyl (C=O) groups excluding carboxylic acids is 2. The highest BCUT2D eigenvalue weighted by Crippen LogP contribution is 2.16. The van der Waals surface area contributed by atoms with E-state index in [-0.39, 0.29) is 11.3 Å². The average molecular weight is 305 g/mol. The number of allylic oxidation sites excluding steroid dienone is 1. The molecule has 0 amide bonds. The molecule has 1 aromatic rings. The molecule has 1 aromatic carbocycles. The Morgan fingerprint density at radius 2 is 1.68 bits per heavy atom. The molecule has 0 atom stereocenters. The van der Waals surface area contributed by atoms with Crippen LogP contribution in [0.25, 0.3) is 0 Å². The van der Waals surface area contributed by atoms with Gasteiger partial charge in [-0.25, -0.2) is 9.59 Å². The SMILES string of the molecule is COC(=O)C(C(=O)OC(C)(C)C)=C(N)CCc1ccccc1. The van der Waals surface area contributed by atoms with Crippen molar-refractivity contribution in [3.05, 3.63) is 47.2 Å². The van der Waals surface area contributed by atoms with Crippen LogP contribution in [0.15, 0.2) is 41.6 Å². The average Bonchev–Trinajstić information content (AvgIpc) is 2.44. The summed E-state index contributed by atoms with van der Waals surface area (Å²) >= 11 is 0. The second-order valence-corrected chi connectivity index (χ2v) is 5.88. The molecule has 0 aromatic heterocycles. The quantitative estimate of drug-likeness (QED) is 0.391. The van der Waals surface area contributed by atoms with Gasteiger partial charge in [0.25, 0.3) is 0 Å². The van der Waals surface area contributed by atoms with Gasteiger partial charge in [0.05, 0.1) is 7.11 Å². The molecule has 0 heterocycles. The van der Waals surface area contributed by atoms with Gasteiger partial charge < -0.3 is 15.2 Å². The smallest absolute Gasteiger partial charge is 0.347 e. The molecule has 0 unspecified atom stereocenters. The van der Waals surface area contributed by atoms with E-state index in [2.05, 4.69) is 4.74 Å².